The topological polar surface area (TPSA) is 26.3 Å². The quantitative estimate of drug-likeness (QED) is 0.705. The zero-order valence-corrected chi connectivity index (χ0v) is 10.5. The van der Waals surface area contributed by atoms with E-state index in [1.165, 1.54) is 0 Å². The average molecular weight is 220 g/mol. The zero-order chi connectivity index (χ0) is 12.1. The summed E-state index contributed by atoms with van der Waals surface area (Å²) in [7, 11) is 1.65. The summed E-state index contributed by atoms with van der Waals surface area (Å²) in [6, 6.07) is 5.70. The highest BCUT2D eigenvalue weighted by molar-refractivity contribution is 5.97. The number of hydrogen-bond acceptors (Lipinski definition) is 2. The molecule has 0 N–H and O–H groups in total. The minimum Gasteiger partial charge on any atom is -0.497 e. The monoisotopic (exact) mass is 220 g/mol. The Balaban J connectivity index is 3.12. The predicted octanol–water partition coefficient (Wildman–Crippen LogP) is 3.80. The second-order valence-corrected chi connectivity index (χ2v) is 4.28. The van der Waals surface area contributed by atoms with Crippen LogP contribution in [0.2, 0.25) is 0 Å². The number of carbonyl (C=O) groups excluding carboxylic acids is 1. The maximum atomic E-state index is 11.9. The number of benzene rings is 1. The number of methoxy groups -OCH3 is 1. The molecule has 0 bridgehead atoms. The molecule has 0 aliphatic carbocycles. The molecule has 88 valence electrons. The zero-order valence-electron chi connectivity index (χ0n) is 10.5. The molecule has 0 atom stereocenters. The molecule has 1 rings (SSSR count). The lowest BCUT2D eigenvalue weighted by atomic mass is 9.93. The van der Waals surface area contributed by atoms with Crippen molar-refractivity contribution in [1.82, 2.24) is 0 Å². The van der Waals surface area contributed by atoms with E-state index < -0.39 is 0 Å². The van der Waals surface area contributed by atoms with Gasteiger partial charge in [-0.1, -0.05) is 20.8 Å². The Labute approximate surface area is 97.6 Å². The SMILES string of the molecule is CCCC(=O)c1ccc(OC)cc1C(C)C. The summed E-state index contributed by atoms with van der Waals surface area (Å²) in [4.78, 5) is 11.9. The van der Waals surface area contributed by atoms with Crippen LogP contribution in [0.25, 0.3) is 0 Å². The molecule has 1 aromatic rings. The number of rotatable bonds is 5. The van der Waals surface area contributed by atoms with Crippen molar-refractivity contribution in [3.63, 3.8) is 0 Å². The van der Waals surface area contributed by atoms with Gasteiger partial charge in [-0.2, -0.15) is 0 Å². The summed E-state index contributed by atoms with van der Waals surface area (Å²) in [6.07, 6.45) is 1.51. The van der Waals surface area contributed by atoms with Crippen LogP contribution in [0.15, 0.2) is 18.2 Å². The highest BCUT2D eigenvalue weighted by Gasteiger charge is 2.13. The van der Waals surface area contributed by atoms with Crippen molar-refractivity contribution in [2.45, 2.75) is 39.5 Å². The van der Waals surface area contributed by atoms with Gasteiger partial charge >= 0.3 is 0 Å². The van der Waals surface area contributed by atoms with Gasteiger partial charge < -0.3 is 4.74 Å². The Bertz CT molecular complexity index is 367. The largest absolute Gasteiger partial charge is 0.497 e. The van der Waals surface area contributed by atoms with Gasteiger partial charge in [0.2, 0.25) is 0 Å². The lowest BCUT2D eigenvalue weighted by molar-refractivity contribution is 0.0980. The summed E-state index contributed by atoms with van der Waals surface area (Å²) in [5.74, 6) is 1.39. The first-order chi connectivity index (χ1) is 7.60. The van der Waals surface area contributed by atoms with E-state index in [0.717, 1.165) is 23.3 Å². The number of carbonyl (C=O) groups is 1. The molecule has 1 aromatic carbocycles. The lowest BCUT2D eigenvalue weighted by Gasteiger charge is -2.13. The maximum absolute atomic E-state index is 11.9. The standard InChI is InChI=1S/C14H20O2/c1-5-6-14(15)12-8-7-11(16-4)9-13(12)10(2)3/h7-10H,5-6H2,1-4H3. The highest BCUT2D eigenvalue weighted by atomic mass is 16.5. The van der Waals surface area contributed by atoms with Crippen LogP contribution in [-0.2, 0) is 0 Å². The molecule has 16 heavy (non-hydrogen) atoms. The van der Waals surface area contributed by atoms with E-state index in [4.69, 9.17) is 4.74 Å². The second-order valence-electron chi connectivity index (χ2n) is 4.28. The molecule has 0 spiro atoms. The van der Waals surface area contributed by atoms with Gasteiger partial charge in [0.25, 0.3) is 0 Å². The summed E-state index contributed by atoms with van der Waals surface area (Å²) < 4.78 is 5.19. The van der Waals surface area contributed by atoms with Gasteiger partial charge in [0.05, 0.1) is 7.11 Å². The van der Waals surface area contributed by atoms with Crippen LogP contribution in [0.1, 0.15) is 55.5 Å². The van der Waals surface area contributed by atoms with Gasteiger partial charge in [0.1, 0.15) is 5.75 Å². The van der Waals surface area contributed by atoms with E-state index >= 15 is 0 Å². The molecule has 0 aliphatic rings. The van der Waals surface area contributed by atoms with Crippen LogP contribution in [0.5, 0.6) is 5.75 Å². The molecule has 2 heteroatoms. The maximum Gasteiger partial charge on any atom is 0.163 e. The van der Waals surface area contributed by atoms with Crippen molar-refractivity contribution in [2.75, 3.05) is 7.11 Å². The van der Waals surface area contributed by atoms with E-state index in [1.807, 2.05) is 25.1 Å². The van der Waals surface area contributed by atoms with Crippen LogP contribution >= 0.6 is 0 Å². The lowest BCUT2D eigenvalue weighted by Crippen LogP contribution is -2.05. The van der Waals surface area contributed by atoms with E-state index in [0.29, 0.717) is 12.3 Å². The number of ether oxygens (including phenoxy) is 1. The molecular formula is C14H20O2. The summed E-state index contributed by atoms with van der Waals surface area (Å²) in [5.41, 5.74) is 1.93. The first-order valence-electron chi connectivity index (χ1n) is 5.81. The van der Waals surface area contributed by atoms with Gasteiger partial charge in [-0.15, -0.1) is 0 Å². The van der Waals surface area contributed by atoms with Crippen LogP contribution in [-0.4, -0.2) is 12.9 Å². The van der Waals surface area contributed by atoms with Crippen molar-refractivity contribution < 1.29 is 9.53 Å². The smallest absolute Gasteiger partial charge is 0.163 e. The first-order valence-corrected chi connectivity index (χ1v) is 5.81. The van der Waals surface area contributed by atoms with Gasteiger partial charge in [0, 0.05) is 12.0 Å². The van der Waals surface area contributed by atoms with E-state index in [-0.39, 0.29) is 5.78 Å². The summed E-state index contributed by atoms with van der Waals surface area (Å²) >= 11 is 0. The Kier molecular flexibility index (Phi) is 4.53. The molecule has 0 amide bonds. The van der Waals surface area contributed by atoms with Crippen molar-refractivity contribution in [3.8, 4) is 5.75 Å². The van der Waals surface area contributed by atoms with Crippen molar-refractivity contribution in [3.05, 3.63) is 29.3 Å². The van der Waals surface area contributed by atoms with Crippen molar-refractivity contribution >= 4 is 5.78 Å². The molecule has 2 nitrogen and oxygen atoms in total. The third-order valence-corrected chi connectivity index (χ3v) is 2.66. The van der Waals surface area contributed by atoms with E-state index in [1.54, 1.807) is 7.11 Å². The van der Waals surface area contributed by atoms with Crippen LogP contribution in [0, 0.1) is 0 Å². The van der Waals surface area contributed by atoms with E-state index in [9.17, 15) is 4.79 Å². The summed E-state index contributed by atoms with van der Waals surface area (Å²) in [5, 5.41) is 0. The fourth-order valence-electron chi connectivity index (χ4n) is 1.76. The molecule has 0 aliphatic heterocycles. The van der Waals surface area contributed by atoms with E-state index in [2.05, 4.69) is 13.8 Å². The molecule has 0 radical (unpaired) electrons. The Morgan fingerprint density at radius 3 is 2.56 bits per heavy atom. The minimum absolute atomic E-state index is 0.230. The number of ketones is 1. The van der Waals surface area contributed by atoms with Crippen molar-refractivity contribution in [1.29, 1.82) is 0 Å². The average Bonchev–Trinajstić information content (AvgIpc) is 2.28. The molecule has 0 unspecified atom stereocenters. The number of hydrogen-bond donors (Lipinski definition) is 0. The molecule has 0 saturated carbocycles. The van der Waals surface area contributed by atoms with Crippen LogP contribution in [0.3, 0.4) is 0 Å². The van der Waals surface area contributed by atoms with Crippen LogP contribution in [0.4, 0.5) is 0 Å². The van der Waals surface area contributed by atoms with Gasteiger partial charge in [-0.3, -0.25) is 4.79 Å². The third kappa shape index (κ3) is 2.84. The fourth-order valence-corrected chi connectivity index (χ4v) is 1.76. The first kappa shape index (κ1) is 12.8. The van der Waals surface area contributed by atoms with Crippen LogP contribution < -0.4 is 4.74 Å². The predicted molar refractivity (Wildman–Crippen MR) is 66.3 cm³/mol. The second kappa shape index (κ2) is 5.69. The Morgan fingerprint density at radius 1 is 1.38 bits per heavy atom. The summed E-state index contributed by atoms with van der Waals surface area (Å²) in [6.45, 7) is 6.21. The molecule has 0 heterocycles. The Hall–Kier alpha value is -1.31. The van der Waals surface area contributed by atoms with Gasteiger partial charge in [-0.25, -0.2) is 0 Å². The molecule has 0 saturated heterocycles. The highest BCUT2D eigenvalue weighted by Crippen LogP contribution is 2.25. The number of Topliss-reactive ketones (excluding diaryl/α,β-unsaturated/α-hetero) is 1. The minimum atomic E-state index is 0.230. The van der Waals surface area contributed by atoms with Gasteiger partial charge in [-0.05, 0) is 36.1 Å². The fraction of sp³-hybridized carbons (Fsp3) is 0.500. The van der Waals surface area contributed by atoms with Crippen molar-refractivity contribution in [2.24, 2.45) is 0 Å². The third-order valence-electron chi connectivity index (χ3n) is 2.66. The molecule has 0 fully saturated rings. The Morgan fingerprint density at radius 2 is 2.06 bits per heavy atom. The molecular weight excluding hydrogens is 200 g/mol. The molecule has 0 aromatic heterocycles. The van der Waals surface area contributed by atoms with Gasteiger partial charge in [0.15, 0.2) is 5.78 Å². The normalized spacial score (nSPS) is 10.6.